The van der Waals surface area contributed by atoms with Gasteiger partial charge in [-0.3, -0.25) is 0 Å². The van der Waals surface area contributed by atoms with Crippen LogP contribution in [0.2, 0.25) is 0 Å². The summed E-state index contributed by atoms with van der Waals surface area (Å²) in [5.74, 6) is 0.494. The van der Waals surface area contributed by atoms with Crippen LogP contribution in [0.4, 0.5) is 4.39 Å². The first kappa shape index (κ1) is 14.0. The zero-order valence-electron chi connectivity index (χ0n) is 10.6. The first-order chi connectivity index (χ1) is 9.17. The second-order valence-corrected chi connectivity index (χ2v) is 5.28. The highest BCUT2D eigenvalue weighted by Gasteiger charge is 2.07. The lowest BCUT2D eigenvalue weighted by Crippen LogP contribution is -2.29. The average Bonchev–Trinajstić information content (AvgIpc) is 2.83. The van der Waals surface area contributed by atoms with E-state index in [2.05, 4.69) is 9.36 Å². The summed E-state index contributed by atoms with van der Waals surface area (Å²) in [4.78, 5) is 4.43. The van der Waals surface area contributed by atoms with E-state index >= 15 is 0 Å². The van der Waals surface area contributed by atoms with Crippen molar-refractivity contribution in [2.24, 2.45) is 11.5 Å². The summed E-state index contributed by atoms with van der Waals surface area (Å²) in [5.41, 5.74) is 12.1. The minimum absolute atomic E-state index is 0.00979. The van der Waals surface area contributed by atoms with Gasteiger partial charge in [-0.05, 0) is 35.6 Å². The summed E-state index contributed by atoms with van der Waals surface area (Å²) in [7, 11) is 0. The van der Waals surface area contributed by atoms with Gasteiger partial charge in [-0.1, -0.05) is 12.1 Å². The lowest BCUT2D eigenvalue weighted by atomic mass is 10.1. The van der Waals surface area contributed by atoms with Crippen LogP contribution < -0.4 is 11.5 Å². The van der Waals surface area contributed by atoms with Crippen molar-refractivity contribution in [3.05, 3.63) is 46.5 Å². The van der Waals surface area contributed by atoms with Gasteiger partial charge in [0.05, 0.1) is 0 Å². The highest BCUT2D eigenvalue weighted by atomic mass is 32.1. The third-order valence-electron chi connectivity index (χ3n) is 2.79. The summed E-state index contributed by atoms with van der Waals surface area (Å²) in [6, 6.07) is 6.50. The van der Waals surface area contributed by atoms with Crippen LogP contribution in [0.15, 0.2) is 24.3 Å². The molecule has 2 aromatic rings. The van der Waals surface area contributed by atoms with Gasteiger partial charge in [0, 0.05) is 25.4 Å². The molecular formula is C13H17FN4S. The molecule has 1 heterocycles. The number of nitrogens with two attached hydrogens (primary N) is 2. The smallest absolute Gasteiger partial charge is 0.146 e. The summed E-state index contributed by atoms with van der Waals surface area (Å²) >= 11 is 1.37. The predicted octanol–water partition coefficient (Wildman–Crippen LogP) is 1.49. The van der Waals surface area contributed by atoms with E-state index in [1.165, 1.54) is 23.7 Å². The molecule has 0 fully saturated rings. The van der Waals surface area contributed by atoms with E-state index in [9.17, 15) is 4.39 Å². The Hall–Kier alpha value is -1.37. The summed E-state index contributed by atoms with van der Waals surface area (Å²) in [5, 5.41) is 0.954. The van der Waals surface area contributed by atoms with E-state index in [-0.39, 0.29) is 11.9 Å². The fourth-order valence-electron chi connectivity index (χ4n) is 1.72. The van der Waals surface area contributed by atoms with Crippen LogP contribution >= 0.6 is 11.5 Å². The van der Waals surface area contributed by atoms with Crippen molar-refractivity contribution in [1.82, 2.24) is 9.36 Å². The van der Waals surface area contributed by atoms with E-state index in [1.54, 1.807) is 6.07 Å². The van der Waals surface area contributed by atoms with Gasteiger partial charge in [0.15, 0.2) is 0 Å². The molecule has 0 aliphatic rings. The number of aryl methyl sites for hydroxylation is 1. The highest BCUT2D eigenvalue weighted by molar-refractivity contribution is 7.05. The Morgan fingerprint density at radius 3 is 2.95 bits per heavy atom. The molecule has 0 aliphatic heterocycles. The van der Waals surface area contributed by atoms with Crippen molar-refractivity contribution >= 4 is 11.5 Å². The maximum absolute atomic E-state index is 13.1. The van der Waals surface area contributed by atoms with Gasteiger partial charge in [-0.2, -0.15) is 4.37 Å². The molecule has 0 saturated heterocycles. The van der Waals surface area contributed by atoms with Gasteiger partial charge >= 0.3 is 0 Å². The summed E-state index contributed by atoms with van der Waals surface area (Å²) in [6.45, 7) is 0.481. The van der Waals surface area contributed by atoms with Crippen molar-refractivity contribution in [3.63, 3.8) is 0 Å². The molecule has 4 N–H and O–H groups in total. The average molecular weight is 280 g/mol. The molecule has 1 atom stereocenters. The molecule has 6 heteroatoms. The zero-order chi connectivity index (χ0) is 13.7. The molecular weight excluding hydrogens is 263 g/mol. The number of aromatic nitrogens is 2. The van der Waals surface area contributed by atoms with Crippen molar-refractivity contribution in [2.45, 2.75) is 25.3 Å². The molecule has 0 spiro atoms. The number of rotatable bonds is 6. The quantitative estimate of drug-likeness (QED) is 0.840. The molecule has 0 radical (unpaired) electrons. The van der Waals surface area contributed by atoms with E-state index in [4.69, 9.17) is 11.5 Å². The molecule has 1 aromatic carbocycles. The lowest BCUT2D eigenvalue weighted by molar-refractivity contribution is 0.620. The Morgan fingerprint density at radius 2 is 2.21 bits per heavy atom. The van der Waals surface area contributed by atoms with Crippen LogP contribution in [0, 0.1) is 5.82 Å². The highest BCUT2D eigenvalue weighted by Crippen LogP contribution is 2.13. The van der Waals surface area contributed by atoms with Gasteiger partial charge in [-0.25, -0.2) is 9.37 Å². The van der Waals surface area contributed by atoms with Crippen molar-refractivity contribution < 1.29 is 4.39 Å². The van der Waals surface area contributed by atoms with Gasteiger partial charge < -0.3 is 11.5 Å². The third kappa shape index (κ3) is 4.34. The van der Waals surface area contributed by atoms with Crippen LogP contribution in [0.5, 0.6) is 0 Å². The predicted molar refractivity (Wildman–Crippen MR) is 74.5 cm³/mol. The molecule has 0 saturated carbocycles. The SMILES string of the molecule is NCC(N)CCc1nc(Cc2cccc(F)c2)ns1. The Kier molecular flexibility index (Phi) is 4.95. The molecule has 1 aromatic heterocycles. The summed E-state index contributed by atoms with van der Waals surface area (Å²) in [6.07, 6.45) is 2.15. The molecule has 1 unspecified atom stereocenters. The summed E-state index contributed by atoms with van der Waals surface area (Å²) < 4.78 is 17.3. The third-order valence-corrected chi connectivity index (χ3v) is 3.60. The normalized spacial score (nSPS) is 12.6. The van der Waals surface area contributed by atoms with E-state index in [0.29, 0.717) is 13.0 Å². The van der Waals surface area contributed by atoms with Crippen molar-refractivity contribution in [3.8, 4) is 0 Å². The first-order valence-electron chi connectivity index (χ1n) is 6.19. The number of hydrogen-bond acceptors (Lipinski definition) is 5. The fraction of sp³-hybridized carbons (Fsp3) is 0.385. The maximum atomic E-state index is 13.1. The number of halogens is 1. The molecule has 0 bridgehead atoms. The van der Waals surface area contributed by atoms with Crippen LogP contribution in [0.3, 0.4) is 0 Å². The first-order valence-corrected chi connectivity index (χ1v) is 6.96. The van der Waals surface area contributed by atoms with E-state index in [1.807, 2.05) is 6.07 Å². The Bertz CT molecular complexity index is 529. The topological polar surface area (TPSA) is 77.8 Å². The van der Waals surface area contributed by atoms with Crippen LogP contribution in [0.25, 0.3) is 0 Å². The Balaban J connectivity index is 1.94. The minimum Gasteiger partial charge on any atom is -0.329 e. The standard InChI is InChI=1S/C13H17FN4S/c14-10-3-1-2-9(6-10)7-12-17-13(19-18-12)5-4-11(16)8-15/h1-3,6,11H,4-5,7-8,15-16H2. The molecule has 102 valence electrons. The molecule has 19 heavy (non-hydrogen) atoms. The van der Waals surface area contributed by atoms with Crippen LogP contribution in [-0.2, 0) is 12.8 Å². The molecule has 2 rings (SSSR count). The number of hydrogen-bond donors (Lipinski definition) is 2. The largest absolute Gasteiger partial charge is 0.329 e. The lowest BCUT2D eigenvalue weighted by Gasteiger charge is -2.05. The van der Waals surface area contributed by atoms with Crippen LogP contribution in [-0.4, -0.2) is 21.9 Å². The fourth-order valence-corrected chi connectivity index (χ4v) is 2.39. The van der Waals surface area contributed by atoms with Crippen molar-refractivity contribution in [2.75, 3.05) is 6.54 Å². The second-order valence-electron chi connectivity index (χ2n) is 4.45. The van der Waals surface area contributed by atoms with Gasteiger partial charge in [0.1, 0.15) is 16.6 Å². The number of benzene rings is 1. The van der Waals surface area contributed by atoms with E-state index in [0.717, 1.165) is 29.2 Å². The molecule has 0 amide bonds. The Labute approximate surface area is 115 Å². The van der Waals surface area contributed by atoms with Crippen molar-refractivity contribution in [1.29, 1.82) is 0 Å². The molecule has 0 aliphatic carbocycles. The molecule has 4 nitrogen and oxygen atoms in total. The van der Waals surface area contributed by atoms with Gasteiger partial charge in [0.25, 0.3) is 0 Å². The van der Waals surface area contributed by atoms with E-state index < -0.39 is 0 Å². The minimum atomic E-state index is -0.234. The van der Waals surface area contributed by atoms with Gasteiger partial charge in [0.2, 0.25) is 0 Å². The maximum Gasteiger partial charge on any atom is 0.146 e. The zero-order valence-corrected chi connectivity index (χ0v) is 11.4. The number of nitrogens with zero attached hydrogens (tertiary/aromatic N) is 2. The Morgan fingerprint density at radius 1 is 1.37 bits per heavy atom. The monoisotopic (exact) mass is 280 g/mol. The second kappa shape index (κ2) is 6.70. The van der Waals surface area contributed by atoms with Crippen LogP contribution in [0.1, 0.15) is 22.8 Å². The van der Waals surface area contributed by atoms with Gasteiger partial charge in [-0.15, -0.1) is 0 Å².